The minimum absolute atomic E-state index is 0.493. The molecule has 1 fully saturated rings. The highest BCUT2D eigenvalue weighted by Crippen LogP contribution is 2.25. The van der Waals surface area contributed by atoms with Crippen molar-refractivity contribution in [3.8, 4) is 0 Å². The van der Waals surface area contributed by atoms with Crippen LogP contribution in [-0.4, -0.2) is 24.1 Å². The van der Waals surface area contributed by atoms with Crippen LogP contribution in [0.5, 0.6) is 0 Å². The summed E-state index contributed by atoms with van der Waals surface area (Å²) < 4.78 is 1.09. The molecule has 0 radical (unpaired) electrons. The molecule has 1 unspecified atom stereocenters. The molecule has 4 heteroatoms. The third kappa shape index (κ3) is 2.28. The van der Waals surface area contributed by atoms with Gasteiger partial charge in [-0.25, -0.2) is 4.98 Å². The number of nitrogens with zero attached hydrogens (tertiary/aromatic N) is 1. The first-order chi connectivity index (χ1) is 8.33. The van der Waals surface area contributed by atoms with Crippen LogP contribution >= 0.6 is 15.9 Å². The molecule has 0 bridgehead atoms. The molecule has 1 aliphatic heterocycles. The van der Waals surface area contributed by atoms with Crippen molar-refractivity contribution in [1.29, 1.82) is 0 Å². The van der Waals surface area contributed by atoms with Gasteiger partial charge in [-0.3, -0.25) is 0 Å². The van der Waals surface area contributed by atoms with E-state index in [-0.39, 0.29) is 0 Å². The van der Waals surface area contributed by atoms with Gasteiger partial charge < -0.3 is 10.6 Å². The van der Waals surface area contributed by atoms with Crippen LogP contribution in [0.2, 0.25) is 0 Å². The van der Waals surface area contributed by atoms with Gasteiger partial charge in [0.25, 0.3) is 0 Å². The Morgan fingerprint density at radius 2 is 2.29 bits per heavy atom. The van der Waals surface area contributed by atoms with Crippen molar-refractivity contribution >= 4 is 32.5 Å². The lowest BCUT2D eigenvalue weighted by atomic mass is 10.1. The van der Waals surface area contributed by atoms with Crippen LogP contribution in [0.4, 0.5) is 5.82 Å². The van der Waals surface area contributed by atoms with Crippen molar-refractivity contribution in [3.05, 3.63) is 34.9 Å². The first-order valence-corrected chi connectivity index (χ1v) is 6.64. The predicted octanol–water partition coefficient (Wildman–Crippen LogP) is 2.77. The first kappa shape index (κ1) is 11.0. The van der Waals surface area contributed by atoms with Gasteiger partial charge in [-0.2, -0.15) is 0 Å². The number of halogens is 1. The van der Waals surface area contributed by atoms with Crippen LogP contribution in [-0.2, 0) is 0 Å². The Labute approximate surface area is 109 Å². The Hall–Kier alpha value is -1.13. The van der Waals surface area contributed by atoms with E-state index >= 15 is 0 Å². The monoisotopic (exact) mass is 291 g/mol. The Bertz CT molecular complexity index is 535. The largest absolute Gasteiger partial charge is 0.365 e. The molecule has 1 saturated heterocycles. The maximum absolute atomic E-state index is 4.45. The van der Waals surface area contributed by atoms with Crippen molar-refractivity contribution in [2.75, 3.05) is 18.4 Å². The number of aromatic nitrogens is 1. The second-order valence-electron chi connectivity index (χ2n) is 4.36. The number of hydrogen-bond donors (Lipinski definition) is 2. The van der Waals surface area contributed by atoms with Gasteiger partial charge in [-0.05, 0) is 36.6 Å². The summed E-state index contributed by atoms with van der Waals surface area (Å²) in [7, 11) is 0. The fourth-order valence-corrected chi connectivity index (χ4v) is 2.59. The lowest BCUT2D eigenvalue weighted by Crippen LogP contribution is -2.22. The van der Waals surface area contributed by atoms with Gasteiger partial charge in [0.15, 0.2) is 0 Å². The van der Waals surface area contributed by atoms with Crippen LogP contribution in [0.15, 0.2) is 34.9 Å². The van der Waals surface area contributed by atoms with Gasteiger partial charge in [0.1, 0.15) is 5.82 Å². The van der Waals surface area contributed by atoms with Gasteiger partial charge in [-0.15, -0.1) is 0 Å². The SMILES string of the molecule is Brc1ccc2ccnc(NC3CCNC3)c2c1. The van der Waals surface area contributed by atoms with E-state index in [0.29, 0.717) is 6.04 Å². The average molecular weight is 292 g/mol. The maximum atomic E-state index is 4.45. The first-order valence-electron chi connectivity index (χ1n) is 5.84. The number of rotatable bonds is 2. The molecular weight excluding hydrogens is 278 g/mol. The Morgan fingerprint density at radius 3 is 3.12 bits per heavy atom. The van der Waals surface area contributed by atoms with Crippen molar-refractivity contribution in [3.63, 3.8) is 0 Å². The zero-order chi connectivity index (χ0) is 11.7. The van der Waals surface area contributed by atoms with Crippen molar-refractivity contribution < 1.29 is 0 Å². The van der Waals surface area contributed by atoms with Crippen molar-refractivity contribution in [2.45, 2.75) is 12.5 Å². The molecule has 88 valence electrons. The van der Waals surface area contributed by atoms with E-state index in [9.17, 15) is 0 Å². The number of pyridine rings is 1. The van der Waals surface area contributed by atoms with Gasteiger partial charge in [0.2, 0.25) is 0 Å². The fraction of sp³-hybridized carbons (Fsp3) is 0.308. The summed E-state index contributed by atoms with van der Waals surface area (Å²) >= 11 is 3.51. The van der Waals surface area contributed by atoms with Gasteiger partial charge >= 0.3 is 0 Å². The minimum atomic E-state index is 0.493. The number of nitrogens with one attached hydrogen (secondary N) is 2. The molecule has 2 heterocycles. The van der Waals surface area contributed by atoms with E-state index in [1.807, 2.05) is 12.3 Å². The van der Waals surface area contributed by atoms with E-state index in [0.717, 1.165) is 29.8 Å². The van der Waals surface area contributed by atoms with Gasteiger partial charge in [0.05, 0.1) is 0 Å². The zero-order valence-electron chi connectivity index (χ0n) is 9.41. The highest BCUT2D eigenvalue weighted by molar-refractivity contribution is 9.10. The normalized spacial score (nSPS) is 19.7. The van der Waals surface area contributed by atoms with Crippen molar-refractivity contribution in [1.82, 2.24) is 10.3 Å². The molecule has 2 N–H and O–H groups in total. The highest BCUT2D eigenvalue weighted by atomic mass is 79.9. The summed E-state index contributed by atoms with van der Waals surface area (Å²) in [6.45, 7) is 2.11. The Balaban J connectivity index is 1.99. The van der Waals surface area contributed by atoms with Crippen molar-refractivity contribution in [2.24, 2.45) is 0 Å². The van der Waals surface area contributed by atoms with Crippen LogP contribution < -0.4 is 10.6 Å². The summed E-state index contributed by atoms with van der Waals surface area (Å²) in [6.07, 6.45) is 3.02. The molecule has 0 saturated carbocycles. The quantitative estimate of drug-likeness (QED) is 0.893. The van der Waals surface area contributed by atoms with E-state index < -0.39 is 0 Å². The van der Waals surface area contributed by atoms with Crippen LogP contribution in [0.25, 0.3) is 10.8 Å². The molecule has 1 aliphatic rings. The Kier molecular flexibility index (Phi) is 2.99. The summed E-state index contributed by atoms with van der Waals surface area (Å²) in [5, 5.41) is 9.26. The lowest BCUT2D eigenvalue weighted by Gasteiger charge is -2.14. The van der Waals surface area contributed by atoms with E-state index in [1.165, 1.54) is 10.8 Å². The zero-order valence-corrected chi connectivity index (χ0v) is 11.0. The molecule has 1 atom stereocenters. The number of benzene rings is 1. The summed E-state index contributed by atoms with van der Waals surface area (Å²) in [5.74, 6) is 0.984. The average Bonchev–Trinajstić information content (AvgIpc) is 2.83. The highest BCUT2D eigenvalue weighted by Gasteiger charge is 2.15. The standard InChI is InChI=1S/C13H14BrN3/c14-10-2-1-9-3-6-16-13(12(9)7-10)17-11-4-5-15-8-11/h1-3,6-7,11,15H,4-5,8H2,(H,16,17). The number of hydrogen-bond acceptors (Lipinski definition) is 3. The summed E-state index contributed by atoms with van der Waals surface area (Å²) in [4.78, 5) is 4.45. The maximum Gasteiger partial charge on any atom is 0.134 e. The third-order valence-corrected chi connectivity index (χ3v) is 3.62. The summed E-state index contributed by atoms with van der Waals surface area (Å²) in [5.41, 5.74) is 0. The second kappa shape index (κ2) is 4.63. The van der Waals surface area contributed by atoms with E-state index in [2.05, 4.69) is 49.7 Å². The molecule has 3 nitrogen and oxygen atoms in total. The molecule has 3 rings (SSSR count). The van der Waals surface area contributed by atoms with Crippen LogP contribution in [0.3, 0.4) is 0 Å². The lowest BCUT2D eigenvalue weighted by molar-refractivity contribution is 0.789. The smallest absolute Gasteiger partial charge is 0.134 e. The van der Waals surface area contributed by atoms with Gasteiger partial charge in [0, 0.05) is 28.6 Å². The van der Waals surface area contributed by atoms with Crippen LogP contribution in [0, 0.1) is 0 Å². The molecule has 0 aliphatic carbocycles. The summed E-state index contributed by atoms with van der Waals surface area (Å²) in [6, 6.07) is 8.82. The Morgan fingerprint density at radius 1 is 1.35 bits per heavy atom. The molecule has 17 heavy (non-hydrogen) atoms. The number of anilines is 1. The fourth-order valence-electron chi connectivity index (χ4n) is 2.23. The molecule has 0 amide bonds. The second-order valence-corrected chi connectivity index (χ2v) is 5.27. The number of fused-ring (bicyclic) bond motifs is 1. The predicted molar refractivity (Wildman–Crippen MR) is 74.3 cm³/mol. The molecule has 1 aromatic heterocycles. The van der Waals surface area contributed by atoms with Crippen LogP contribution in [0.1, 0.15) is 6.42 Å². The molecule has 2 aromatic rings. The molecular formula is C13H14BrN3. The molecule has 1 aromatic carbocycles. The van der Waals surface area contributed by atoms with Gasteiger partial charge in [-0.1, -0.05) is 22.0 Å². The minimum Gasteiger partial charge on any atom is -0.365 e. The topological polar surface area (TPSA) is 37.0 Å². The van der Waals surface area contributed by atoms with E-state index in [4.69, 9.17) is 0 Å². The molecule has 0 spiro atoms. The third-order valence-electron chi connectivity index (χ3n) is 3.13. The van der Waals surface area contributed by atoms with E-state index in [1.54, 1.807) is 0 Å².